The molecular weight excluding hydrogens is 258 g/mol. The Morgan fingerprint density at radius 2 is 1.90 bits per heavy atom. The summed E-state index contributed by atoms with van der Waals surface area (Å²) in [7, 11) is 0. The van der Waals surface area contributed by atoms with E-state index >= 15 is 0 Å². The molecule has 7 nitrogen and oxygen atoms in total. The lowest BCUT2D eigenvalue weighted by Crippen LogP contribution is -2.10. The van der Waals surface area contributed by atoms with Crippen LogP contribution >= 0.6 is 0 Å². The van der Waals surface area contributed by atoms with E-state index in [1.165, 1.54) is 4.68 Å². The molecule has 0 saturated carbocycles. The molecule has 100 valence electrons. The quantitative estimate of drug-likeness (QED) is 0.758. The molecule has 1 N–H and O–H groups in total. The molecule has 2 aromatic heterocycles. The Morgan fingerprint density at radius 3 is 2.55 bits per heavy atom. The van der Waals surface area contributed by atoms with E-state index in [9.17, 15) is 4.79 Å². The van der Waals surface area contributed by atoms with Crippen LogP contribution in [0.1, 0.15) is 22.3 Å². The molecule has 0 aliphatic rings. The van der Waals surface area contributed by atoms with Gasteiger partial charge in [-0.05, 0) is 26.0 Å². The van der Waals surface area contributed by atoms with Gasteiger partial charge in [-0.2, -0.15) is 4.68 Å². The number of carboxylic acids is 1. The number of aromatic nitrogens is 5. The van der Waals surface area contributed by atoms with Gasteiger partial charge in [-0.3, -0.25) is 0 Å². The highest BCUT2D eigenvalue weighted by Gasteiger charge is 2.16. The van der Waals surface area contributed by atoms with Gasteiger partial charge in [-0.15, -0.1) is 5.10 Å². The smallest absolute Gasteiger partial charge is 0.374 e. The number of para-hydroxylation sites is 1. The van der Waals surface area contributed by atoms with Crippen LogP contribution in [-0.2, 0) is 0 Å². The van der Waals surface area contributed by atoms with Gasteiger partial charge in [0.2, 0.25) is 5.82 Å². The first kappa shape index (κ1) is 12.2. The van der Waals surface area contributed by atoms with E-state index in [0.29, 0.717) is 23.0 Å². The van der Waals surface area contributed by atoms with Crippen molar-refractivity contribution in [3.8, 4) is 5.82 Å². The fraction of sp³-hybridized carbons (Fsp3) is 0.154. The molecule has 0 fully saturated rings. The summed E-state index contributed by atoms with van der Waals surface area (Å²) in [6, 6.07) is 7.21. The number of hydrogen-bond donors (Lipinski definition) is 1. The summed E-state index contributed by atoms with van der Waals surface area (Å²) in [6.07, 6.45) is 0. The normalized spacial score (nSPS) is 10.9. The monoisotopic (exact) mass is 269 g/mol. The number of aromatic carboxylic acids is 1. The van der Waals surface area contributed by atoms with Gasteiger partial charge < -0.3 is 5.11 Å². The molecule has 2 heterocycles. The summed E-state index contributed by atoms with van der Waals surface area (Å²) in [5, 5.41) is 14.1. The number of nitrogens with zero attached hydrogens (tertiary/aromatic N) is 5. The highest BCUT2D eigenvalue weighted by Crippen LogP contribution is 2.19. The van der Waals surface area contributed by atoms with E-state index in [1.54, 1.807) is 26.0 Å². The molecule has 0 amide bonds. The lowest BCUT2D eigenvalue weighted by atomic mass is 10.2. The maximum Gasteiger partial charge on any atom is 0.374 e. The second-order valence-corrected chi connectivity index (χ2v) is 4.31. The minimum atomic E-state index is -1.17. The first-order chi connectivity index (χ1) is 9.56. The van der Waals surface area contributed by atoms with E-state index < -0.39 is 5.97 Å². The number of carbonyl (C=O) groups is 1. The third-order valence-corrected chi connectivity index (χ3v) is 2.85. The van der Waals surface area contributed by atoms with Crippen LogP contribution < -0.4 is 0 Å². The molecule has 3 aromatic rings. The Morgan fingerprint density at radius 1 is 1.15 bits per heavy atom. The van der Waals surface area contributed by atoms with Gasteiger partial charge in [0.25, 0.3) is 0 Å². The number of carboxylic acid groups (broad SMARTS) is 1. The molecule has 0 spiro atoms. The van der Waals surface area contributed by atoms with Crippen LogP contribution in [0.4, 0.5) is 0 Å². The van der Waals surface area contributed by atoms with E-state index in [4.69, 9.17) is 5.11 Å². The number of rotatable bonds is 2. The standard InChI is InChI=1S/C13H11N5O2/c1-7-14-8(2)18(17-7)12-9-5-3-4-6-10(9)15-11(16-12)13(19)20/h3-6H,1-2H3,(H,19,20). The van der Waals surface area contributed by atoms with Crippen molar-refractivity contribution in [1.82, 2.24) is 24.7 Å². The molecule has 7 heteroatoms. The first-order valence-corrected chi connectivity index (χ1v) is 5.97. The molecule has 0 saturated heterocycles. The van der Waals surface area contributed by atoms with Crippen LogP contribution in [0, 0.1) is 13.8 Å². The Hall–Kier alpha value is -2.83. The van der Waals surface area contributed by atoms with Gasteiger partial charge in [-0.1, -0.05) is 12.1 Å². The van der Waals surface area contributed by atoms with E-state index in [1.807, 2.05) is 12.1 Å². The highest BCUT2D eigenvalue weighted by molar-refractivity contribution is 5.91. The summed E-state index contributed by atoms with van der Waals surface area (Å²) in [4.78, 5) is 23.5. The average molecular weight is 269 g/mol. The zero-order valence-corrected chi connectivity index (χ0v) is 10.9. The van der Waals surface area contributed by atoms with Crippen LogP contribution in [0.3, 0.4) is 0 Å². The number of aryl methyl sites for hydroxylation is 2. The molecule has 20 heavy (non-hydrogen) atoms. The highest BCUT2D eigenvalue weighted by atomic mass is 16.4. The molecule has 3 rings (SSSR count). The van der Waals surface area contributed by atoms with Gasteiger partial charge in [0.15, 0.2) is 5.82 Å². The minimum Gasteiger partial charge on any atom is -0.475 e. The number of benzene rings is 1. The maximum absolute atomic E-state index is 11.1. The Kier molecular flexibility index (Phi) is 2.67. The summed E-state index contributed by atoms with van der Waals surface area (Å²) >= 11 is 0. The van der Waals surface area contributed by atoms with Crippen molar-refractivity contribution in [2.45, 2.75) is 13.8 Å². The second-order valence-electron chi connectivity index (χ2n) is 4.31. The number of fused-ring (bicyclic) bond motifs is 1. The fourth-order valence-electron chi connectivity index (χ4n) is 2.04. The van der Waals surface area contributed by atoms with Crippen molar-refractivity contribution in [3.63, 3.8) is 0 Å². The fourth-order valence-corrected chi connectivity index (χ4v) is 2.04. The Bertz CT molecular complexity index is 825. The van der Waals surface area contributed by atoms with Crippen molar-refractivity contribution in [2.24, 2.45) is 0 Å². The molecule has 0 aliphatic heterocycles. The summed E-state index contributed by atoms with van der Waals surface area (Å²) in [6.45, 7) is 3.56. The zero-order chi connectivity index (χ0) is 14.3. The molecule has 1 aromatic carbocycles. The van der Waals surface area contributed by atoms with Gasteiger partial charge in [-0.25, -0.2) is 19.7 Å². The zero-order valence-electron chi connectivity index (χ0n) is 10.9. The molecule has 0 unspecified atom stereocenters. The number of hydrogen-bond acceptors (Lipinski definition) is 5. The van der Waals surface area contributed by atoms with Crippen LogP contribution in [0.25, 0.3) is 16.7 Å². The molecule has 0 radical (unpaired) electrons. The predicted octanol–water partition coefficient (Wildman–Crippen LogP) is 1.53. The third kappa shape index (κ3) is 1.89. The van der Waals surface area contributed by atoms with Crippen molar-refractivity contribution < 1.29 is 9.90 Å². The van der Waals surface area contributed by atoms with Crippen LogP contribution in [0.15, 0.2) is 24.3 Å². The van der Waals surface area contributed by atoms with Crippen molar-refractivity contribution in [1.29, 1.82) is 0 Å². The molecule has 0 atom stereocenters. The summed E-state index contributed by atoms with van der Waals surface area (Å²) in [5.41, 5.74) is 0.558. The second kappa shape index (κ2) is 4.37. The van der Waals surface area contributed by atoms with Crippen LogP contribution in [-0.4, -0.2) is 35.8 Å². The van der Waals surface area contributed by atoms with Gasteiger partial charge in [0, 0.05) is 5.39 Å². The molecule has 0 aliphatic carbocycles. The van der Waals surface area contributed by atoms with Crippen LogP contribution in [0.5, 0.6) is 0 Å². The van der Waals surface area contributed by atoms with Crippen molar-refractivity contribution in [3.05, 3.63) is 41.7 Å². The van der Waals surface area contributed by atoms with Gasteiger partial charge in [0.1, 0.15) is 11.6 Å². The molecule has 0 bridgehead atoms. The van der Waals surface area contributed by atoms with Gasteiger partial charge in [0.05, 0.1) is 5.52 Å². The largest absolute Gasteiger partial charge is 0.475 e. The SMILES string of the molecule is Cc1nc(C)n(-c2nc(C(=O)O)nc3ccccc23)n1. The van der Waals surface area contributed by atoms with Crippen molar-refractivity contribution in [2.75, 3.05) is 0 Å². The lowest BCUT2D eigenvalue weighted by molar-refractivity contribution is 0.0684. The van der Waals surface area contributed by atoms with E-state index in [0.717, 1.165) is 5.39 Å². The Labute approximate surface area is 113 Å². The lowest BCUT2D eigenvalue weighted by Gasteiger charge is -2.07. The predicted molar refractivity (Wildman–Crippen MR) is 70.9 cm³/mol. The maximum atomic E-state index is 11.1. The van der Waals surface area contributed by atoms with E-state index in [-0.39, 0.29) is 5.82 Å². The summed E-state index contributed by atoms with van der Waals surface area (Å²) in [5.74, 6) is 0.230. The summed E-state index contributed by atoms with van der Waals surface area (Å²) < 4.78 is 1.53. The van der Waals surface area contributed by atoms with Crippen LogP contribution in [0.2, 0.25) is 0 Å². The van der Waals surface area contributed by atoms with Gasteiger partial charge >= 0.3 is 5.97 Å². The average Bonchev–Trinajstić information content (AvgIpc) is 2.76. The first-order valence-electron chi connectivity index (χ1n) is 5.97. The molecular formula is C13H11N5O2. The third-order valence-electron chi connectivity index (χ3n) is 2.85. The van der Waals surface area contributed by atoms with E-state index in [2.05, 4.69) is 20.1 Å². The Balaban J connectivity index is 2.38. The minimum absolute atomic E-state index is 0.258. The topological polar surface area (TPSA) is 93.8 Å². The van der Waals surface area contributed by atoms with Crippen molar-refractivity contribution >= 4 is 16.9 Å².